The van der Waals surface area contributed by atoms with Gasteiger partial charge >= 0.3 is 6.18 Å². The van der Waals surface area contributed by atoms with E-state index in [0.717, 1.165) is 23.6 Å². The fraction of sp³-hybridized carbons (Fsp3) is 0.188. The third-order valence-electron chi connectivity index (χ3n) is 3.37. The van der Waals surface area contributed by atoms with Gasteiger partial charge in [0.15, 0.2) is 0 Å². The molecule has 0 bridgehead atoms. The molecule has 0 radical (unpaired) electrons. The van der Waals surface area contributed by atoms with Crippen molar-refractivity contribution >= 4 is 11.6 Å². The van der Waals surface area contributed by atoms with Gasteiger partial charge in [-0.05, 0) is 25.1 Å². The second kappa shape index (κ2) is 6.42. The lowest BCUT2D eigenvalue weighted by Crippen LogP contribution is -2.10. The number of rotatable bonds is 4. The van der Waals surface area contributed by atoms with Crippen LogP contribution in [0.2, 0.25) is 0 Å². The molecule has 1 aromatic carbocycles. The van der Waals surface area contributed by atoms with Gasteiger partial charge < -0.3 is 14.6 Å². The molecule has 0 fully saturated rings. The first-order chi connectivity index (χ1) is 11.9. The first kappa shape index (κ1) is 16.7. The number of hydrogen-bond donors (Lipinski definition) is 1. The molecule has 0 saturated carbocycles. The minimum Gasteiger partial charge on any atom is -0.494 e. The molecule has 0 spiro atoms. The number of nitrogens with one attached hydrogen (secondary N) is 1. The first-order valence-corrected chi connectivity index (χ1v) is 7.23. The molecule has 0 atom stereocenters. The minimum atomic E-state index is -4.53. The molecule has 3 aromatic rings. The van der Waals surface area contributed by atoms with Crippen molar-refractivity contribution < 1.29 is 17.9 Å². The first-order valence-electron chi connectivity index (χ1n) is 7.23. The van der Waals surface area contributed by atoms with Crippen molar-refractivity contribution in [1.82, 2.24) is 19.5 Å². The number of anilines is 2. The minimum absolute atomic E-state index is 0.150. The Morgan fingerprint density at radius 3 is 2.60 bits per heavy atom. The van der Waals surface area contributed by atoms with Crippen molar-refractivity contribution in [2.45, 2.75) is 13.1 Å². The largest absolute Gasteiger partial charge is 0.494 e. The van der Waals surface area contributed by atoms with Crippen LogP contribution in [-0.2, 0) is 6.18 Å². The van der Waals surface area contributed by atoms with Crippen LogP contribution < -0.4 is 10.1 Å². The van der Waals surface area contributed by atoms with Crippen molar-refractivity contribution in [3.63, 3.8) is 0 Å². The Morgan fingerprint density at radius 1 is 1.16 bits per heavy atom. The number of aromatic nitrogens is 4. The highest BCUT2D eigenvalue weighted by molar-refractivity contribution is 5.62. The average molecular weight is 349 g/mol. The maximum absolute atomic E-state index is 12.7. The summed E-state index contributed by atoms with van der Waals surface area (Å²) in [7, 11) is 1.51. The van der Waals surface area contributed by atoms with Gasteiger partial charge in [0.1, 0.15) is 11.4 Å². The van der Waals surface area contributed by atoms with E-state index in [1.165, 1.54) is 7.11 Å². The Labute approximate surface area is 141 Å². The molecule has 9 heteroatoms. The molecule has 0 aliphatic heterocycles. The van der Waals surface area contributed by atoms with Crippen LogP contribution in [0.15, 0.2) is 43.0 Å². The Hall–Kier alpha value is -3.10. The number of alkyl halides is 3. The normalized spacial score (nSPS) is 11.4. The lowest BCUT2D eigenvalue weighted by molar-refractivity contribution is -0.141. The Bertz CT molecular complexity index is 891. The summed E-state index contributed by atoms with van der Waals surface area (Å²) in [5.74, 6) is 0.373. The SMILES string of the molecule is COc1cc(Nc2nccc(C(F)(F)F)n2)ccc1-n1cnc(C)c1. The number of methoxy groups -OCH3 is 1. The van der Waals surface area contributed by atoms with Crippen LogP contribution >= 0.6 is 0 Å². The standard InChI is InChI=1S/C16H14F3N5O/c1-10-8-24(9-21-10)12-4-3-11(7-13(12)25-2)22-15-20-6-5-14(23-15)16(17,18)19/h3-9H,1-2H3,(H,20,22,23). The maximum Gasteiger partial charge on any atom is 0.433 e. The highest BCUT2D eigenvalue weighted by Gasteiger charge is 2.32. The molecule has 1 N–H and O–H groups in total. The average Bonchev–Trinajstić information content (AvgIpc) is 3.00. The molecule has 0 amide bonds. The zero-order valence-corrected chi connectivity index (χ0v) is 13.4. The van der Waals surface area contributed by atoms with Crippen LogP contribution in [0.5, 0.6) is 5.75 Å². The third-order valence-corrected chi connectivity index (χ3v) is 3.37. The van der Waals surface area contributed by atoms with Crippen LogP contribution in [-0.4, -0.2) is 26.6 Å². The van der Waals surface area contributed by atoms with Gasteiger partial charge in [0.25, 0.3) is 0 Å². The van der Waals surface area contributed by atoms with Crippen LogP contribution in [0.3, 0.4) is 0 Å². The Balaban J connectivity index is 1.89. The van der Waals surface area contributed by atoms with Gasteiger partial charge in [0, 0.05) is 24.1 Å². The molecule has 25 heavy (non-hydrogen) atoms. The summed E-state index contributed by atoms with van der Waals surface area (Å²) >= 11 is 0. The predicted octanol–water partition coefficient (Wildman–Crippen LogP) is 3.74. The van der Waals surface area contributed by atoms with Gasteiger partial charge in [-0.1, -0.05) is 0 Å². The van der Waals surface area contributed by atoms with E-state index in [1.807, 2.05) is 13.1 Å². The van der Waals surface area contributed by atoms with E-state index >= 15 is 0 Å². The van der Waals surface area contributed by atoms with Gasteiger partial charge in [0.05, 0.1) is 24.8 Å². The van der Waals surface area contributed by atoms with Crippen LogP contribution in [0, 0.1) is 6.92 Å². The van der Waals surface area contributed by atoms with Crippen molar-refractivity contribution in [2.24, 2.45) is 0 Å². The highest BCUT2D eigenvalue weighted by atomic mass is 19.4. The zero-order chi connectivity index (χ0) is 18.0. The summed E-state index contributed by atoms with van der Waals surface area (Å²) in [5, 5.41) is 2.75. The van der Waals surface area contributed by atoms with E-state index in [1.54, 1.807) is 29.1 Å². The molecule has 0 unspecified atom stereocenters. The third kappa shape index (κ3) is 3.70. The number of hydrogen-bond acceptors (Lipinski definition) is 5. The van der Waals surface area contributed by atoms with E-state index in [0.29, 0.717) is 11.4 Å². The molecule has 0 aliphatic carbocycles. The molecule has 2 heterocycles. The quantitative estimate of drug-likeness (QED) is 0.777. The molecular weight excluding hydrogens is 335 g/mol. The molecular formula is C16H14F3N5O. The molecule has 0 saturated heterocycles. The second-order valence-electron chi connectivity index (χ2n) is 5.20. The summed E-state index contributed by atoms with van der Waals surface area (Å²) in [4.78, 5) is 11.4. The van der Waals surface area contributed by atoms with Crippen LogP contribution in [0.1, 0.15) is 11.4 Å². The summed E-state index contributed by atoms with van der Waals surface area (Å²) in [6.07, 6.45) is 0.00922. The van der Waals surface area contributed by atoms with Crippen LogP contribution in [0.4, 0.5) is 24.8 Å². The molecule has 130 valence electrons. The number of nitrogens with zero attached hydrogens (tertiary/aromatic N) is 4. The summed E-state index contributed by atoms with van der Waals surface area (Å²) in [5.41, 5.74) is 1.08. The lowest BCUT2D eigenvalue weighted by Gasteiger charge is -2.12. The predicted molar refractivity (Wildman–Crippen MR) is 85.2 cm³/mol. The zero-order valence-electron chi connectivity index (χ0n) is 13.4. The number of benzene rings is 1. The van der Waals surface area contributed by atoms with E-state index in [4.69, 9.17) is 4.74 Å². The second-order valence-corrected chi connectivity index (χ2v) is 5.20. The van der Waals surface area contributed by atoms with Crippen molar-refractivity contribution in [2.75, 3.05) is 12.4 Å². The summed E-state index contributed by atoms with van der Waals surface area (Å²) in [6, 6.07) is 5.91. The Morgan fingerprint density at radius 2 is 1.96 bits per heavy atom. The lowest BCUT2D eigenvalue weighted by atomic mass is 10.2. The molecule has 2 aromatic heterocycles. The van der Waals surface area contributed by atoms with Crippen molar-refractivity contribution in [3.05, 3.63) is 54.4 Å². The number of imidazole rings is 1. The monoisotopic (exact) mass is 349 g/mol. The van der Waals surface area contributed by atoms with Crippen molar-refractivity contribution in [3.8, 4) is 11.4 Å². The fourth-order valence-corrected chi connectivity index (χ4v) is 2.23. The van der Waals surface area contributed by atoms with E-state index in [-0.39, 0.29) is 5.95 Å². The maximum atomic E-state index is 12.7. The smallest absolute Gasteiger partial charge is 0.433 e. The van der Waals surface area contributed by atoms with Crippen LogP contribution in [0.25, 0.3) is 5.69 Å². The van der Waals surface area contributed by atoms with Gasteiger partial charge in [-0.25, -0.2) is 15.0 Å². The molecule has 0 aliphatic rings. The van der Waals surface area contributed by atoms with Crippen molar-refractivity contribution in [1.29, 1.82) is 0 Å². The summed E-state index contributed by atoms with van der Waals surface area (Å²) < 4.78 is 45.3. The molecule has 3 rings (SSSR count). The summed E-state index contributed by atoms with van der Waals surface area (Å²) in [6.45, 7) is 1.86. The van der Waals surface area contributed by atoms with Gasteiger partial charge in [-0.2, -0.15) is 13.2 Å². The Kier molecular flexibility index (Phi) is 4.30. The van der Waals surface area contributed by atoms with E-state index in [9.17, 15) is 13.2 Å². The highest BCUT2D eigenvalue weighted by Crippen LogP contribution is 2.30. The van der Waals surface area contributed by atoms with E-state index in [2.05, 4.69) is 20.3 Å². The number of aryl methyl sites for hydroxylation is 1. The number of halogens is 3. The van der Waals surface area contributed by atoms with Gasteiger partial charge in [-0.15, -0.1) is 0 Å². The van der Waals surface area contributed by atoms with Gasteiger partial charge in [-0.3, -0.25) is 0 Å². The topological polar surface area (TPSA) is 64.9 Å². The molecule has 6 nitrogen and oxygen atoms in total. The van der Waals surface area contributed by atoms with E-state index < -0.39 is 11.9 Å². The van der Waals surface area contributed by atoms with Gasteiger partial charge in [0.2, 0.25) is 5.95 Å². The number of ether oxygens (including phenoxy) is 1. The fourth-order valence-electron chi connectivity index (χ4n) is 2.23.